The third kappa shape index (κ3) is 2.51. The topological polar surface area (TPSA) is 13.1 Å². The first kappa shape index (κ1) is 12.6. The molecule has 0 radical (unpaired) electrons. The lowest BCUT2D eigenvalue weighted by Gasteiger charge is -2.01. The minimum atomic E-state index is 0.756. The van der Waals surface area contributed by atoms with E-state index >= 15 is 0 Å². The Bertz CT molecular complexity index is 746. The summed E-state index contributed by atoms with van der Waals surface area (Å²) in [5, 5.41) is 1.93. The van der Waals surface area contributed by atoms with Crippen molar-refractivity contribution in [2.75, 3.05) is 0 Å². The van der Waals surface area contributed by atoms with Crippen LogP contribution in [0.2, 0.25) is 5.02 Å². The van der Waals surface area contributed by atoms with E-state index in [0.29, 0.717) is 0 Å². The molecule has 0 fully saturated rings. The van der Waals surface area contributed by atoms with E-state index in [4.69, 9.17) is 16.0 Å². The SMILES string of the molecule is Cc1ccc2oc(C)c(Sc3cccc(Cl)c3)c2c1. The van der Waals surface area contributed by atoms with E-state index in [9.17, 15) is 0 Å². The number of fused-ring (bicyclic) bond motifs is 1. The summed E-state index contributed by atoms with van der Waals surface area (Å²) in [4.78, 5) is 2.29. The van der Waals surface area contributed by atoms with Gasteiger partial charge in [0.25, 0.3) is 0 Å². The predicted molar refractivity (Wildman–Crippen MR) is 81.3 cm³/mol. The number of hydrogen-bond acceptors (Lipinski definition) is 2. The average Bonchev–Trinajstić information content (AvgIpc) is 2.66. The number of furan rings is 1. The first-order valence-electron chi connectivity index (χ1n) is 6.06. The van der Waals surface area contributed by atoms with Crippen molar-refractivity contribution in [2.24, 2.45) is 0 Å². The van der Waals surface area contributed by atoms with Gasteiger partial charge >= 0.3 is 0 Å². The average molecular weight is 289 g/mol. The van der Waals surface area contributed by atoms with Crippen LogP contribution in [0.3, 0.4) is 0 Å². The first-order chi connectivity index (χ1) is 9.13. The summed E-state index contributed by atoms with van der Waals surface area (Å²) >= 11 is 7.73. The maximum Gasteiger partial charge on any atom is 0.135 e. The molecule has 3 aromatic rings. The van der Waals surface area contributed by atoms with Gasteiger partial charge in [-0.15, -0.1) is 0 Å². The molecule has 0 atom stereocenters. The highest BCUT2D eigenvalue weighted by molar-refractivity contribution is 7.99. The summed E-state index contributed by atoms with van der Waals surface area (Å²) in [7, 11) is 0. The molecule has 96 valence electrons. The fraction of sp³-hybridized carbons (Fsp3) is 0.125. The van der Waals surface area contributed by atoms with Crippen LogP contribution in [0.5, 0.6) is 0 Å². The molecule has 1 nitrogen and oxygen atoms in total. The van der Waals surface area contributed by atoms with Gasteiger partial charge in [0.15, 0.2) is 0 Å². The van der Waals surface area contributed by atoms with Gasteiger partial charge in [0, 0.05) is 15.3 Å². The van der Waals surface area contributed by atoms with Crippen LogP contribution < -0.4 is 0 Å². The predicted octanol–water partition coefficient (Wildman–Crippen LogP) is 5.85. The zero-order valence-corrected chi connectivity index (χ0v) is 12.3. The molecule has 0 spiro atoms. The lowest BCUT2D eigenvalue weighted by atomic mass is 10.2. The first-order valence-corrected chi connectivity index (χ1v) is 7.26. The summed E-state index contributed by atoms with van der Waals surface area (Å²) in [6.07, 6.45) is 0. The lowest BCUT2D eigenvalue weighted by Crippen LogP contribution is -1.76. The highest BCUT2D eigenvalue weighted by Crippen LogP contribution is 2.38. The summed E-state index contributed by atoms with van der Waals surface area (Å²) in [5.41, 5.74) is 2.17. The van der Waals surface area contributed by atoms with Gasteiger partial charge < -0.3 is 4.42 Å². The maximum atomic E-state index is 6.03. The van der Waals surface area contributed by atoms with Gasteiger partial charge in [-0.1, -0.05) is 41.1 Å². The molecule has 19 heavy (non-hydrogen) atoms. The number of benzene rings is 2. The third-order valence-corrected chi connectivity index (χ3v) is 4.41. The summed E-state index contributed by atoms with van der Waals surface area (Å²) in [6.45, 7) is 4.10. The van der Waals surface area contributed by atoms with Gasteiger partial charge in [-0.25, -0.2) is 0 Å². The second kappa shape index (κ2) is 4.95. The van der Waals surface area contributed by atoms with E-state index in [0.717, 1.165) is 21.3 Å². The fourth-order valence-electron chi connectivity index (χ4n) is 2.09. The molecule has 3 heteroatoms. The number of hydrogen-bond donors (Lipinski definition) is 0. The van der Waals surface area contributed by atoms with Crippen LogP contribution in [0, 0.1) is 13.8 Å². The fourth-order valence-corrected chi connectivity index (χ4v) is 3.36. The second-order valence-corrected chi connectivity index (χ2v) is 6.07. The minimum Gasteiger partial charge on any atom is -0.460 e. The summed E-state index contributed by atoms with van der Waals surface area (Å²) in [6, 6.07) is 14.1. The van der Waals surface area contributed by atoms with Gasteiger partial charge in [0.1, 0.15) is 11.3 Å². The molecular weight excluding hydrogens is 276 g/mol. The van der Waals surface area contributed by atoms with Crippen LogP contribution in [-0.4, -0.2) is 0 Å². The molecule has 0 unspecified atom stereocenters. The Balaban J connectivity index is 2.09. The van der Waals surface area contributed by atoms with Crippen molar-refractivity contribution in [1.82, 2.24) is 0 Å². The lowest BCUT2D eigenvalue weighted by molar-refractivity contribution is 0.568. The van der Waals surface area contributed by atoms with Crippen molar-refractivity contribution in [3.8, 4) is 0 Å². The van der Waals surface area contributed by atoms with Gasteiger partial charge in [0.2, 0.25) is 0 Å². The molecule has 2 aromatic carbocycles. The number of aryl methyl sites for hydroxylation is 2. The highest BCUT2D eigenvalue weighted by atomic mass is 35.5. The summed E-state index contributed by atoms with van der Waals surface area (Å²) in [5.74, 6) is 0.950. The molecule has 0 aliphatic heterocycles. The normalized spacial score (nSPS) is 11.1. The van der Waals surface area contributed by atoms with Crippen LogP contribution in [0.4, 0.5) is 0 Å². The maximum absolute atomic E-state index is 6.03. The highest BCUT2D eigenvalue weighted by Gasteiger charge is 2.12. The second-order valence-electron chi connectivity index (χ2n) is 4.55. The van der Waals surface area contributed by atoms with E-state index in [1.165, 1.54) is 15.8 Å². The standard InChI is InChI=1S/C16H13ClOS/c1-10-6-7-15-14(8-10)16(11(2)18-15)19-13-5-3-4-12(17)9-13/h3-9H,1-2H3. The van der Waals surface area contributed by atoms with Crippen molar-refractivity contribution < 1.29 is 4.42 Å². The third-order valence-electron chi connectivity index (χ3n) is 2.98. The molecule has 1 heterocycles. The van der Waals surface area contributed by atoms with Gasteiger partial charge in [0.05, 0.1) is 4.90 Å². The van der Waals surface area contributed by atoms with Crippen molar-refractivity contribution in [1.29, 1.82) is 0 Å². The largest absolute Gasteiger partial charge is 0.460 e. The Hall–Kier alpha value is -1.38. The van der Waals surface area contributed by atoms with E-state index in [1.807, 2.05) is 31.2 Å². The van der Waals surface area contributed by atoms with Crippen LogP contribution in [0.1, 0.15) is 11.3 Å². The minimum absolute atomic E-state index is 0.756. The van der Waals surface area contributed by atoms with E-state index < -0.39 is 0 Å². The zero-order valence-electron chi connectivity index (χ0n) is 10.7. The van der Waals surface area contributed by atoms with Crippen molar-refractivity contribution >= 4 is 34.3 Å². The van der Waals surface area contributed by atoms with E-state index in [2.05, 4.69) is 25.1 Å². The Labute approximate surface area is 121 Å². The quantitative estimate of drug-likeness (QED) is 0.586. The van der Waals surface area contributed by atoms with E-state index in [-0.39, 0.29) is 0 Å². The van der Waals surface area contributed by atoms with Crippen LogP contribution >= 0.6 is 23.4 Å². The van der Waals surface area contributed by atoms with E-state index in [1.54, 1.807) is 11.8 Å². The van der Waals surface area contributed by atoms with Gasteiger partial charge in [-0.05, 0) is 44.2 Å². The Morgan fingerprint density at radius 1 is 1.05 bits per heavy atom. The smallest absolute Gasteiger partial charge is 0.135 e. The molecule has 0 amide bonds. The molecule has 0 saturated carbocycles. The van der Waals surface area contributed by atoms with Crippen molar-refractivity contribution in [3.63, 3.8) is 0 Å². The molecule has 1 aromatic heterocycles. The molecule has 0 aliphatic rings. The molecule has 3 rings (SSSR count). The Morgan fingerprint density at radius 3 is 2.68 bits per heavy atom. The van der Waals surface area contributed by atoms with Crippen molar-refractivity contribution in [2.45, 2.75) is 23.6 Å². The number of halogens is 1. The molecule has 0 aliphatic carbocycles. The van der Waals surface area contributed by atoms with Crippen molar-refractivity contribution in [3.05, 3.63) is 58.8 Å². The number of rotatable bonds is 2. The molecule has 0 N–H and O–H groups in total. The Morgan fingerprint density at radius 2 is 1.89 bits per heavy atom. The van der Waals surface area contributed by atoms with Crippen LogP contribution in [-0.2, 0) is 0 Å². The molecule has 0 saturated heterocycles. The summed E-state index contributed by atoms with van der Waals surface area (Å²) < 4.78 is 5.80. The van der Waals surface area contributed by atoms with Crippen LogP contribution in [0.25, 0.3) is 11.0 Å². The molecule has 0 bridgehead atoms. The monoisotopic (exact) mass is 288 g/mol. The zero-order chi connectivity index (χ0) is 13.4. The van der Waals surface area contributed by atoms with Crippen LogP contribution in [0.15, 0.2) is 56.7 Å². The van der Waals surface area contributed by atoms with Gasteiger partial charge in [-0.3, -0.25) is 0 Å². The molecular formula is C16H13ClOS. The van der Waals surface area contributed by atoms with Gasteiger partial charge in [-0.2, -0.15) is 0 Å². The Kier molecular flexibility index (Phi) is 3.29.